The minimum Gasteiger partial charge on any atom is -0.325 e. The van der Waals surface area contributed by atoms with E-state index in [1.54, 1.807) is 6.92 Å². The van der Waals surface area contributed by atoms with E-state index in [1.165, 1.54) is 43.4 Å². The Labute approximate surface area is 121 Å². The second kappa shape index (κ2) is 9.90. The lowest BCUT2D eigenvalue weighted by Gasteiger charge is -2.09. The highest BCUT2D eigenvalue weighted by Crippen LogP contribution is 2.27. The van der Waals surface area contributed by atoms with Gasteiger partial charge in [0.15, 0.2) is 0 Å². The number of unbranched alkanes of at least 4 members (excludes halogenated alkanes) is 5. The zero-order valence-electron chi connectivity index (χ0n) is 12.1. The van der Waals surface area contributed by atoms with Gasteiger partial charge in [-0.2, -0.15) is 0 Å². The van der Waals surface area contributed by atoms with Crippen LogP contribution in [0.15, 0.2) is 29.2 Å². The normalized spacial score (nSPS) is 10.4. The molecule has 1 rings (SSSR count). The highest BCUT2D eigenvalue weighted by Gasteiger charge is 2.03. The second-order valence-electron chi connectivity index (χ2n) is 4.79. The summed E-state index contributed by atoms with van der Waals surface area (Å²) in [6.45, 7) is 3.80. The summed E-state index contributed by atoms with van der Waals surface area (Å²) in [6, 6.07) is 8.02. The van der Waals surface area contributed by atoms with E-state index >= 15 is 0 Å². The monoisotopic (exact) mass is 279 g/mol. The fourth-order valence-electron chi connectivity index (χ4n) is 1.95. The molecule has 19 heavy (non-hydrogen) atoms. The number of hydrogen-bond acceptors (Lipinski definition) is 2. The van der Waals surface area contributed by atoms with Gasteiger partial charge in [-0.1, -0.05) is 51.2 Å². The lowest BCUT2D eigenvalue weighted by Crippen LogP contribution is -2.06. The summed E-state index contributed by atoms with van der Waals surface area (Å²) in [5.74, 6) is 1.12. The minimum atomic E-state index is -0.00684. The Morgan fingerprint density at radius 3 is 2.53 bits per heavy atom. The van der Waals surface area contributed by atoms with Gasteiger partial charge in [-0.05, 0) is 24.3 Å². The van der Waals surface area contributed by atoms with Crippen molar-refractivity contribution in [2.45, 2.75) is 57.3 Å². The average molecular weight is 279 g/mol. The van der Waals surface area contributed by atoms with Crippen LogP contribution in [0.2, 0.25) is 0 Å². The van der Waals surface area contributed by atoms with Crippen LogP contribution in [0.25, 0.3) is 0 Å². The molecular weight excluding hydrogens is 254 g/mol. The van der Waals surface area contributed by atoms with Gasteiger partial charge in [0.25, 0.3) is 0 Å². The van der Waals surface area contributed by atoms with Gasteiger partial charge in [-0.15, -0.1) is 11.8 Å². The Hall–Kier alpha value is -0.960. The fraction of sp³-hybridized carbons (Fsp3) is 0.562. The van der Waals surface area contributed by atoms with Crippen molar-refractivity contribution in [3.8, 4) is 0 Å². The van der Waals surface area contributed by atoms with E-state index in [9.17, 15) is 4.79 Å². The van der Waals surface area contributed by atoms with Crippen LogP contribution in [0.3, 0.4) is 0 Å². The maximum Gasteiger partial charge on any atom is 0.221 e. The number of para-hydroxylation sites is 1. The third-order valence-corrected chi connectivity index (χ3v) is 4.11. The number of hydrogen-bond donors (Lipinski definition) is 1. The molecule has 0 aromatic heterocycles. The molecule has 0 saturated carbocycles. The molecule has 2 nitrogen and oxygen atoms in total. The summed E-state index contributed by atoms with van der Waals surface area (Å²) in [4.78, 5) is 12.3. The highest BCUT2D eigenvalue weighted by atomic mass is 32.2. The van der Waals surface area contributed by atoms with Gasteiger partial charge in [0, 0.05) is 11.8 Å². The first-order valence-corrected chi connectivity index (χ1v) is 8.22. The molecule has 0 spiro atoms. The zero-order chi connectivity index (χ0) is 13.9. The third kappa shape index (κ3) is 7.26. The van der Waals surface area contributed by atoms with E-state index in [0.29, 0.717) is 0 Å². The Morgan fingerprint density at radius 2 is 1.79 bits per heavy atom. The molecule has 0 aliphatic carbocycles. The summed E-state index contributed by atoms with van der Waals surface area (Å²) in [7, 11) is 0. The van der Waals surface area contributed by atoms with Crippen molar-refractivity contribution >= 4 is 23.4 Å². The molecule has 1 amide bonds. The predicted molar refractivity (Wildman–Crippen MR) is 84.8 cm³/mol. The van der Waals surface area contributed by atoms with Crippen LogP contribution in [0, 0.1) is 0 Å². The SMILES string of the molecule is CCCCCCCCSc1ccccc1NC(C)=O. The molecule has 0 bridgehead atoms. The summed E-state index contributed by atoms with van der Waals surface area (Å²) in [5.41, 5.74) is 0.936. The van der Waals surface area contributed by atoms with E-state index in [0.717, 1.165) is 11.4 Å². The topological polar surface area (TPSA) is 29.1 Å². The fourth-order valence-corrected chi connectivity index (χ4v) is 2.97. The summed E-state index contributed by atoms with van der Waals surface area (Å²) < 4.78 is 0. The van der Waals surface area contributed by atoms with Crippen LogP contribution in [-0.2, 0) is 4.79 Å². The molecular formula is C16H25NOS. The van der Waals surface area contributed by atoms with Gasteiger partial charge in [0.2, 0.25) is 5.91 Å². The number of carbonyl (C=O) groups excluding carboxylic acids is 1. The largest absolute Gasteiger partial charge is 0.325 e. The first-order valence-electron chi connectivity index (χ1n) is 7.23. The average Bonchev–Trinajstić information content (AvgIpc) is 2.39. The van der Waals surface area contributed by atoms with Gasteiger partial charge >= 0.3 is 0 Å². The smallest absolute Gasteiger partial charge is 0.221 e. The molecule has 3 heteroatoms. The molecule has 1 aromatic rings. The van der Waals surface area contributed by atoms with Crippen LogP contribution in [0.1, 0.15) is 52.4 Å². The quantitative estimate of drug-likeness (QED) is 0.503. The standard InChI is InChI=1S/C16H25NOS/c1-3-4-5-6-7-10-13-19-16-12-9-8-11-15(16)17-14(2)18/h8-9,11-12H,3-7,10,13H2,1-2H3,(H,17,18). The van der Waals surface area contributed by atoms with E-state index in [-0.39, 0.29) is 5.91 Å². The van der Waals surface area contributed by atoms with Crippen molar-refractivity contribution in [3.05, 3.63) is 24.3 Å². The molecule has 0 fully saturated rings. The Balaban J connectivity index is 2.26. The first-order chi connectivity index (χ1) is 9.24. The minimum absolute atomic E-state index is 0.00684. The van der Waals surface area contributed by atoms with Gasteiger partial charge in [-0.3, -0.25) is 4.79 Å². The molecule has 0 radical (unpaired) electrons. The van der Waals surface area contributed by atoms with Gasteiger partial charge in [0.1, 0.15) is 0 Å². The number of rotatable bonds is 9. The number of thioether (sulfide) groups is 1. The van der Waals surface area contributed by atoms with Crippen LogP contribution in [-0.4, -0.2) is 11.7 Å². The highest BCUT2D eigenvalue weighted by molar-refractivity contribution is 7.99. The zero-order valence-corrected chi connectivity index (χ0v) is 12.9. The maximum absolute atomic E-state index is 11.1. The summed E-state index contributed by atoms with van der Waals surface area (Å²) in [5, 5.41) is 2.88. The molecule has 0 atom stereocenters. The molecule has 1 aromatic carbocycles. The summed E-state index contributed by atoms with van der Waals surface area (Å²) >= 11 is 1.84. The Bertz CT molecular complexity index is 379. The maximum atomic E-state index is 11.1. The first kappa shape index (κ1) is 16.1. The number of anilines is 1. The van der Waals surface area contributed by atoms with Crippen LogP contribution < -0.4 is 5.32 Å². The molecule has 0 aliphatic heterocycles. The number of nitrogens with one attached hydrogen (secondary N) is 1. The van der Waals surface area contributed by atoms with Gasteiger partial charge in [0.05, 0.1) is 5.69 Å². The third-order valence-electron chi connectivity index (χ3n) is 2.95. The van der Waals surface area contributed by atoms with Gasteiger partial charge < -0.3 is 5.32 Å². The molecule has 0 heterocycles. The number of carbonyl (C=O) groups is 1. The predicted octanol–water partition coefficient (Wildman–Crippen LogP) is 5.10. The summed E-state index contributed by atoms with van der Waals surface area (Å²) in [6.07, 6.45) is 7.95. The molecule has 0 saturated heterocycles. The van der Waals surface area contributed by atoms with E-state index in [2.05, 4.69) is 18.3 Å². The second-order valence-corrected chi connectivity index (χ2v) is 5.93. The van der Waals surface area contributed by atoms with Crippen molar-refractivity contribution in [1.82, 2.24) is 0 Å². The van der Waals surface area contributed by atoms with E-state index in [1.807, 2.05) is 30.0 Å². The lowest BCUT2D eigenvalue weighted by atomic mass is 10.1. The van der Waals surface area contributed by atoms with Crippen molar-refractivity contribution < 1.29 is 4.79 Å². The molecule has 0 aliphatic rings. The Morgan fingerprint density at radius 1 is 1.11 bits per heavy atom. The van der Waals surface area contributed by atoms with Crippen LogP contribution >= 0.6 is 11.8 Å². The Kier molecular flexibility index (Phi) is 8.39. The lowest BCUT2D eigenvalue weighted by molar-refractivity contribution is -0.114. The van der Waals surface area contributed by atoms with Crippen LogP contribution in [0.5, 0.6) is 0 Å². The van der Waals surface area contributed by atoms with Crippen LogP contribution in [0.4, 0.5) is 5.69 Å². The number of benzene rings is 1. The van der Waals surface area contributed by atoms with E-state index < -0.39 is 0 Å². The van der Waals surface area contributed by atoms with Crippen molar-refractivity contribution in [1.29, 1.82) is 0 Å². The molecule has 1 N–H and O–H groups in total. The van der Waals surface area contributed by atoms with E-state index in [4.69, 9.17) is 0 Å². The van der Waals surface area contributed by atoms with Crippen molar-refractivity contribution in [3.63, 3.8) is 0 Å². The van der Waals surface area contributed by atoms with Gasteiger partial charge in [-0.25, -0.2) is 0 Å². The van der Waals surface area contributed by atoms with Crippen molar-refractivity contribution in [2.24, 2.45) is 0 Å². The molecule has 106 valence electrons. The molecule has 0 unspecified atom stereocenters. The number of amides is 1. The van der Waals surface area contributed by atoms with Crippen molar-refractivity contribution in [2.75, 3.05) is 11.1 Å².